The number of hydrogen-bond acceptors (Lipinski definition) is 4. The highest BCUT2D eigenvalue weighted by Crippen LogP contribution is 2.33. The van der Waals surface area contributed by atoms with E-state index in [-0.39, 0.29) is 12.0 Å². The van der Waals surface area contributed by atoms with Gasteiger partial charge in [-0.05, 0) is 26.3 Å². The Morgan fingerprint density at radius 3 is 2.68 bits per heavy atom. The molecule has 1 aromatic carbocycles. The van der Waals surface area contributed by atoms with Crippen molar-refractivity contribution in [2.75, 3.05) is 32.8 Å². The molecule has 2 aliphatic heterocycles. The van der Waals surface area contributed by atoms with Gasteiger partial charge in [-0.25, -0.2) is 4.79 Å². The van der Waals surface area contributed by atoms with Crippen molar-refractivity contribution in [2.45, 2.75) is 38.3 Å². The predicted octanol–water partition coefficient (Wildman–Crippen LogP) is 2.08. The van der Waals surface area contributed by atoms with E-state index >= 15 is 0 Å². The standard InChI is InChI=1S/C19H26N2O4/c1-4-25-18(2,3)16(22)20-10-11-21-17(23)24-14-19(21,13-20)12-15-8-6-5-7-9-15/h5-9H,4,10-14H2,1-3H3. The van der Waals surface area contributed by atoms with Crippen LogP contribution in [-0.4, -0.2) is 65.8 Å². The van der Waals surface area contributed by atoms with Gasteiger partial charge in [0.05, 0.1) is 0 Å². The molecule has 2 fully saturated rings. The van der Waals surface area contributed by atoms with Crippen LogP contribution >= 0.6 is 0 Å². The summed E-state index contributed by atoms with van der Waals surface area (Å²) in [6.45, 7) is 7.71. The van der Waals surface area contributed by atoms with E-state index in [4.69, 9.17) is 9.47 Å². The largest absolute Gasteiger partial charge is 0.447 e. The maximum absolute atomic E-state index is 12.9. The van der Waals surface area contributed by atoms with Gasteiger partial charge >= 0.3 is 6.09 Å². The normalized spacial score (nSPS) is 23.4. The molecule has 3 rings (SSSR count). The number of carbonyl (C=O) groups excluding carboxylic acids is 2. The average molecular weight is 346 g/mol. The van der Waals surface area contributed by atoms with Crippen molar-refractivity contribution in [3.05, 3.63) is 35.9 Å². The number of piperazine rings is 1. The minimum Gasteiger partial charge on any atom is -0.447 e. The molecule has 6 nitrogen and oxygen atoms in total. The van der Waals surface area contributed by atoms with E-state index in [9.17, 15) is 9.59 Å². The molecule has 0 aromatic heterocycles. The number of benzene rings is 1. The Morgan fingerprint density at radius 1 is 1.28 bits per heavy atom. The van der Waals surface area contributed by atoms with Crippen LogP contribution in [0.15, 0.2) is 30.3 Å². The van der Waals surface area contributed by atoms with E-state index in [1.165, 1.54) is 0 Å². The van der Waals surface area contributed by atoms with Crippen molar-refractivity contribution in [2.24, 2.45) is 0 Å². The fourth-order valence-corrected chi connectivity index (χ4v) is 3.81. The van der Waals surface area contributed by atoms with E-state index in [1.807, 2.05) is 42.2 Å². The van der Waals surface area contributed by atoms with Crippen LogP contribution in [-0.2, 0) is 20.7 Å². The second kappa shape index (κ2) is 6.67. The molecule has 1 atom stereocenters. The van der Waals surface area contributed by atoms with Gasteiger partial charge in [0, 0.05) is 32.7 Å². The van der Waals surface area contributed by atoms with Crippen LogP contribution in [0.5, 0.6) is 0 Å². The van der Waals surface area contributed by atoms with Crippen LogP contribution in [0.1, 0.15) is 26.3 Å². The molecule has 2 heterocycles. The van der Waals surface area contributed by atoms with Gasteiger partial charge in [-0.2, -0.15) is 0 Å². The summed E-state index contributed by atoms with van der Waals surface area (Å²) in [7, 11) is 0. The number of ether oxygens (including phenoxy) is 2. The highest BCUT2D eigenvalue weighted by atomic mass is 16.6. The SMILES string of the molecule is CCOC(C)(C)C(=O)N1CCN2C(=O)OCC2(Cc2ccccc2)C1. The van der Waals surface area contributed by atoms with E-state index < -0.39 is 11.1 Å². The third-order valence-electron chi connectivity index (χ3n) is 5.02. The molecule has 0 bridgehead atoms. The molecule has 2 amide bonds. The van der Waals surface area contributed by atoms with Gasteiger partial charge < -0.3 is 14.4 Å². The first-order valence-corrected chi connectivity index (χ1v) is 8.80. The minimum atomic E-state index is -0.867. The molecule has 136 valence electrons. The van der Waals surface area contributed by atoms with E-state index in [2.05, 4.69) is 0 Å². The fraction of sp³-hybridized carbons (Fsp3) is 0.579. The third-order valence-corrected chi connectivity index (χ3v) is 5.02. The smallest absolute Gasteiger partial charge is 0.410 e. The Morgan fingerprint density at radius 2 is 2.00 bits per heavy atom. The van der Waals surface area contributed by atoms with Crippen LogP contribution in [0.25, 0.3) is 0 Å². The monoisotopic (exact) mass is 346 g/mol. The lowest BCUT2D eigenvalue weighted by Crippen LogP contribution is -2.65. The van der Waals surface area contributed by atoms with Gasteiger partial charge in [0.15, 0.2) is 0 Å². The second-order valence-electron chi connectivity index (χ2n) is 7.26. The van der Waals surface area contributed by atoms with Crippen molar-refractivity contribution in [3.63, 3.8) is 0 Å². The minimum absolute atomic E-state index is 0.0409. The zero-order valence-corrected chi connectivity index (χ0v) is 15.2. The van der Waals surface area contributed by atoms with Crippen molar-refractivity contribution in [1.82, 2.24) is 9.80 Å². The number of cyclic esters (lactones) is 1. The number of fused-ring (bicyclic) bond motifs is 1. The summed E-state index contributed by atoms with van der Waals surface area (Å²) in [4.78, 5) is 28.7. The number of rotatable bonds is 5. The number of nitrogens with zero attached hydrogens (tertiary/aromatic N) is 2. The summed E-state index contributed by atoms with van der Waals surface area (Å²) in [5.41, 5.74) is -0.243. The topological polar surface area (TPSA) is 59.1 Å². The van der Waals surface area contributed by atoms with E-state index in [0.717, 1.165) is 5.56 Å². The Labute approximate surface area is 148 Å². The lowest BCUT2D eigenvalue weighted by atomic mass is 9.87. The first kappa shape index (κ1) is 17.7. The number of hydrogen-bond donors (Lipinski definition) is 0. The van der Waals surface area contributed by atoms with Gasteiger partial charge in [0.1, 0.15) is 17.7 Å². The second-order valence-corrected chi connectivity index (χ2v) is 7.26. The quantitative estimate of drug-likeness (QED) is 0.819. The summed E-state index contributed by atoms with van der Waals surface area (Å²) < 4.78 is 11.0. The zero-order chi connectivity index (χ0) is 18.1. The van der Waals surface area contributed by atoms with Gasteiger partial charge in [-0.1, -0.05) is 30.3 Å². The summed E-state index contributed by atoms with van der Waals surface area (Å²) in [6.07, 6.45) is 0.380. The molecule has 2 saturated heterocycles. The molecule has 2 aliphatic rings. The molecule has 0 spiro atoms. The van der Waals surface area contributed by atoms with Gasteiger partial charge in [-0.3, -0.25) is 9.69 Å². The van der Waals surface area contributed by atoms with Crippen molar-refractivity contribution in [1.29, 1.82) is 0 Å². The number of amides is 2. The summed E-state index contributed by atoms with van der Waals surface area (Å²) in [5.74, 6) is -0.0409. The Balaban J connectivity index is 1.83. The first-order chi connectivity index (χ1) is 11.9. The molecular weight excluding hydrogens is 320 g/mol. The van der Waals surface area contributed by atoms with E-state index in [1.54, 1.807) is 18.7 Å². The highest BCUT2D eigenvalue weighted by Gasteiger charge is 2.52. The maximum Gasteiger partial charge on any atom is 0.410 e. The Bertz CT molecular complexity index is 646. The molecular formula is C19H26N2O4. The lowest BCUT2D eigenvalue weighted by Gasteiger charge is -2.46. The molecule has 0 N–H and O–H groups in total. The molecule has 0 saturated carbocycles. The van der Waals surface area contributed by atoms with Gasteiger partial charge in [-0.15, -0.1) is 0 Å². The molecule has 25 heavy (non-hydrogen) atoms. The van der Waals surface area contributed by atoms with Crippen LogP contribution in [0.3, 0.4) is 0 Å². The zero-order valence-electron chi connectivity index (χ0n) is 15.2. The van der Waals surface area contributed by atoms with E-state index in [0.29, 0.717) is 39.3 Å². The summed E-state index contributed by atoms with van der Waals surface area (Å²) in [5, 5.41) is 0. The third kappa shape index (κ3) is 3.35. The molecule has 0 radical (unpaired) electrons. The Kier molecular flexibility index (Phi) is 4.73. The lowest BCUT2D eigenvalue weighted by molar-refractivity contribution is -0.157. The average Bonchev–Trinajstić information content (AvgIpc) is 2.91. The highest BCUT2D eigenvalue weighted by molar-refractivity contribution is 5.85. The summed E-state index contributed by atoms with van der Waals surface area (Å²) >= 11 is 0. The van der Waals surface area contributed by atoms with Gasteiger partial charge in [0.2, 0.25) is 0 Å². The van der Waals surface area contributed by atoms with Gasteiger partial charge in [0.25, 0.3) is 5.91 Å². The van der Waals surface area contributed by atoms with Crippen molar-refractivity contribution >= 4 is 12.0 Å². The molecule has 1 unspecified atom stereocenters. The fourth-order valence-electron chi connectivity index (χ4n) is 3.81. The van der Waals surface area contributed by atoms with Crippen LogP contribution in [0, 0.1) is 0 Å². The Hall–Kier alpha value is -2.08. The summed E-state index contributed by atoms with van der Waals surface area (Å²) in [6, 6.07) is 10.0. The van der Waals surface area contributed by atoms with Crippen LogP contribution in [0.4, 0.5) is 4.79 Å². The first-order valence-electron chi connectivity index (χ1n) is 8.80. The van der Waals surface area contributed by atoms with Crippen LogP contribution in [0.2, 0.25) is 0 Å². The van der Waals surface area contributed by atoms with Crippen LogP contribution < -0.4 is 0 Å². The number of carbonyl (C=O) groups is 2. The molecule has 1 aromatic rings. The predicted molar refractivity (Wildman–Crippen MR) is 93.2 cm³/mol. The van der Waals surface area contributed by atoms with Crippen molar-refractivity contribution in [3.8, 4) is 0 Å². The molecule has 6 heteroatoms. The molecule has 0 aliphatic carbocycles. The maximum atomic E-state index is 12.9. The van der Waals surface area contributed by atoms with Crippen molar-refractivity contribution < 1.29 is 19.1 Å².